The normalized spacial score (nSPS) is 52.6. The number of carbonyl (C=O) groups is 1. The second-order valence-electron chi connectivity index (χ2n) is 9.19. The fraction of sp³-hybridized carbons (Fsp3) is 0.950. The van der Waals surface area contributed by atoms with E-state index in [1.165, 1.54) is 44.9 Å². The zero-order valence-electron chi connectivity index (χ0n) is 14.3. The topological polar surface area (TPSA) is 37.3 Å². The molecule has 0 spiro atoms. The SMILES string of the molecule is C[C@H](O)[C@H]1CC[C@H]2[C@@H]3CC[C@@H]4CC(=O)CC[C@@H]4[C@H]3CC[C@]12C. The van der Waals surface area contributed by atoms with Crippen molar-refractivity contribution in [1.29, 1.82) is 0 Å². The molecule has 0 bridgehead atoms. The molecular weight excluding hydrogens is 272 g/mol. The van der Waals surface area contributed by atoms with E-state index in [9.17, 15) is 9.90 Å². The van der Waals surface area contributed by atoms with E-state index in [0.717, 1.165) is 36.5 Å². The Morgan fingerprint density at radius 2 is 1.86 bits per heavy atom. The molecule has 0 heterocycles. The summed E-state index contributed by atoms with van der Waals surface area (Å²) in [5.41, 5.74) is 0.382. The van der Waals surface area contributed by atoms with Gasteiger partial charge >= 0.3 is 0 Å². The van der Waals surface area contributed by atoms with Gasteiger partial charge in [0.05, 0.1) is 6.10 Å². The van der Waals surface area contributed by atoms with Crippen LogP contribution in [0, 0.1) is 40.9 Å². The molecule has 0 aliphatic heterocycles. The summed E-state index contributed by atoms with van der Waals surface area (Å²) in [6.45, 7) is 4.49. The quantitative estimate of drug-likeness (QED) is 0.788. The average Bonchev–Trinajstić information content (AvgIpc) is 2.84. The lowest BCUT2D eigenvalue weighted by molar-refractivity contribution is -0.128. The first-order valence-electron chi connectivity index (χ1n) is 9.70. The van der Waals surface area contributed by atoms with Crippen LogP contribution in [0.3, 0.4) is 0 Å². The number of hydrogen-bond acceptors (Lipinski definition) is 2. The van der Waals surface area contributed by atoms with E-state index in [2.05, 4.69) is 6.92 Å². The van der Waals surface area contributed by atoms with Crippen molar-refractivity contribution in [2.45, 2.75) is 77.7 Å². The van der Waals surface area contributed by atoms with Crippen molar-refractivity contribution in [2.24, 2.45) is 40.9 Å². The first-order valence-corrected chi connectivity index (χ1v) is 9.70. The highest BCUT2D eigenvalue weighted by molar-refractivity contribution is 5.79. The van der Waals surface area contributed by atoms with Crippen LogP contribution in [0.4, 0.5) is 0 Å². The van der Waals surface area contributed by atoms with Crippen molar-refractivity contribution >= 4 is 5.78 Å². The molecule has 2 heteroatoms. The summed E-state index contributed by atoms with van der Waals surface area (Å²) < 4.78 is 0. The Kier molecular flexibility index (Phi) is 3.67. The Balaban J connectivity index is 1.56. The highest BCUT2D eigenvalue weighted by Gasteiger charge is 2.57. The van der Waals surface area contributed by atoms with Gasteiger partial charge in [-0.25, -0.2) is 0 Å². The van der Waals surface area contributed by atoms with Gasteiger partial charge in [-0.2, -0.15) is 0 Å². The lowest BCUT2D eigenvalue weighted by atomic mass is 9.49. The van der Waals surface area contributed by atoms with Crippen LogP contribution in [0.2, 0.25) is 0 Å². The molecule has 22 heavy (non-hydrogen) atoms. The standard InChI is InChI=1S/C20H32O2/c1-12(21)18-7-8-19-17-5-3-13-11-14(22)4-6-15(13)16(17)9-10-20(18,19)2/h12-13,15-19,21H,3-11H2,1-2H3/t12-,13+,15-,16+,17+,18+,19-,20+/m0/s1. The third-order valence-corrected chi connectivity index (χ3v) is 8.42. The molecule has 4 saturated carbocycles. The van der Waals surface area contributed by atoms with Gasteiger partial charge in [0.1, 0.15) is 5.78 Å². The van der Waals surface area contributed by atoms with Crippen LogP contribution in [0.5, 0.6) is 0 Å². The van der Waals surface area contributed by atoms with E-state index in [0.29, 0.717) is 23.0 Å². The van der Waals surface area contributed by atoms with Crippen LogP contribution in [-0.4, -0.2) is 17.0 Å². The average molecular weight is 304 g/mol. The van der Waals surface area contributed by atoms with Crippen LogP contribution in [-0.2, 0) is 4.79 Å². The molecule has 0 unspecified atom stereocenters. The zero-order chi connectivity index (χ0) is 15.5. The number of aliphatic hydroxyl groups excluding tert-OH is 1. The molecule has 4 rings (SSSR count). The second-order valence-corrected chi connectivity index (χ2v) is 9.19. The predicted octanol–water partition coefficient (Wildman–Crippen LogP) is 4.21. The third kappa shape index (κ3) is 2.12. The number of aliphatic hydroxyl groups is 1. The molecule has 124 valence electrons. The van der Waals surface area contributed by atoms with Crippen LogP contribution < -0.4 is 0 Å². The first kappa shape index (κ1) is 15.2. The van der Waals surface area contributed by atoms with Crippen molar-refractivity contribution < 1.29 is 9.90 Å². The highest BCUT2D eigenvalue weighted by atomic mass is 16.3. The molecule has 8 atom stereocenters. The van der Waals surface area contributed by atoms with Gasteiger partial charge in [-0.05, 0) is 92.8 Å². The van der Waals surface area contributed by atoms with Gasteiger partial charge < -0.3 is 5.11 Å². The second kappa shape index (κ2) is 5.33. The van der Waals surface area contributed by atoms with E-state index in [1.54, 1.807) is 0 Å². The fourth-order valence-electron chi connectivity index (χ4n) is 7.49. The minimum absolute atomic E-state index is 0.143. The number of ketones is 1. The molecule has 0 aromatic heterocycles. The Bertz CT molecular complexity index is 457. The Hall–Kier alpha value is -0.370. The van der Waals surface area contributed by atoms with Crippen LogP contribution >= 0.6 is 0 Å². The van der Waals surface area contributed by atoms with Crippen molar-refractivity contribution in [3.05, 3.63) is 0 Å². The summed E-state index contributed by atoms with van der Waals surface area (Å²) in [6, 6.07) is 0. The Labute approximate surface area is 135 Å². The van der Waals surface area contributed by atoms with E-state index in [4.69, 9.17) is 0 Å². The van der Waals surface area contributed by atoms with E-state index in [1.807, 2.05) is 6.92 Å². The van der Waals surface area contributed by atoms with Crippen molar-refractivity contribution in [1.82, 2.24) is 0 Å². The molecule has 0 saturated heterocycles. The van der Waals surface area contributed by atoms with Gasteiger partial charge in [0.25, 0.3) is 0 Å². The van der Waals surface area contributed by atoms with E-state index < -0.39 is 0 Å². The zero-order valence-corrected chi connectivity index (χ0v) is 14.3. The van der Waals surface area contributed by atoms with Crippen LogP contribution in [0.25, 0.3) is 0 Å². The number of carbonyl (C=O) groups excluding carboxylic acids is 1. The van der Waals surface area contributed by atoms with Gasteiger partial charge in [-0.3, -0.25) is 4.79 Å². The molecule has 4 aliphatic carbocycles. The maximum Gasteiger partial charge on any atom is 0.133 e. The smallest absolute Gasteiger partial charge is 0.133 e. The predicted molar refractivity (Wildman–Crippen MR) is 87.3 cm³/mol. The molecule has 2 nitrogen and oxygen atoms in total. The monoisotopic (exact) mass is 304 g/mol. The fourth-order valence-corrected chi connectivity index (χ4v) is 7.49. The molecule has 0 aromatic rings. The molecule has 0 radical (unpaired) electrons. The Morgan fingerprint density at radius 3 is 2.64 bits per heavy atom. The summed E-state index contributed by atoms with van der Waals surface area (Å²) in [5, 5.41) is 10.2. The summed E-state index contributed by atoms with van der Waals surface area (Å²) in [4.78, 5) is 11.8. The molecule has 0 aromatic carbocycles. The minimum atomic E-state index is -0.143. The number of fused-ring (bicyclic) bond motifs is 5. The number of hydrogen-bond donors (Lipinski definition) is 1. The molecule has 4 aliphatic rings. The summed E-state index contributed by atoms with van der Waals surface area (Å²) >= 11 is 0. The minimum Gasteiger partial charge on any atom is -0.393 e. The summed E-state index contributed by atoms with van der Waals surface area (Å²) in [6.07, 6.45) is 10.6. The Morgan fingerprint density at radius 1 is 1.05 bits per heavy atom. The third-order valence-electron chi connectivity index (χ3n) is 8.42. The van der Waals surface area contributed by atoms with Gasteiger partial charge in [0.15, 0.2) is 0 Å². The highest BCUT2D eigenvalue weighted by Crippen LogP contribution is 2.64. The molecular formula is C20H32O2. The maximum absolute atomic E-state index is 11.8. The van der Waals surface area contributed by atoms with Crippen molar-refractivity contribution in [3.8, 4) is 0 Å². The number of rotatable bonds is 1. The first-order chi connectivity index (χ1) is 10.5. The van der Waals surface area contributed by atoms with E-state index >= 15 is 0 Å². The van der Waals surface area contributed by atoms with Gasteiger partial charge in [-0.15, -0.1) is 0 Å². The van der Waals surface area contributed by atoms with Crippen molar-refractivity contribution in [3.63, 3.8) is 0 Å². The van der Waals surface area contributed by atoms with Crippen molar-refractivity contribution in [2.75, 3.05) is 0 Å². The van der Waals surface area contributed by atoms with Gasteiger partial charge in [0.2, 0.25) is 0 Å². The van der Waals surface area contributed by atoms with E-state index in [-0.39, 0.29) is 6.10 Å². The van der Waals surface area contributed by atoms with Gasteiger partial charge in [0, 0.05) is 12.8 Å². The van der Waals surface area contributed by atoms with Crippen LogP contribution in [0.15, 0.2) is 0 Å². The summed E-state index contributed by atoms with van der Waals surface area (Å²) in [5.74, 6) is 5.20. The summed E-state index contributed by atoms with van der Waals surface area (Å²) in [7, 11) is 0. The number of Topliss-reactive ketones (excluding diaryl/α,β-unsaturated/α-hetero) is 1. The molecule has 1 N–H and O–H groups in total. The maximum atomic E-state index is 11.8. The van der Waals surface area contributed by atoms with Crippen LogP contribution in [0.1, 0.15) is 71.6 Å². The van der Waals surface area contributed by atoms with Gasteiger partial charge in [-0.1, -0.05) is 6.92 Å². The lowest BCUT2D eigenvalue weighted by Crippen LogP contribution is -2.49. The largest absolute Gasteiger partial charge is 0.393 e. The molecule has 4 fully saturated rings. The lowest BCUT2D eigenvalue weighted by Gasteiger charge is -2.55. The molecule has 0 amide bonds.